The highest BCUT2D eigenvalue weighted by molar-refractivity contribution is 8.00. The lowest BCUT2D eigenvalue weighted by Gasteiger charge is -2.01. The molecule has 0 spiro atoms. The molecular formula is C6H12OS. The van der Waals surface area contributed by atoms with Crippen molar-refractivity contribution >= 4 is 11.8 Å². The van der Waals surface area contributed by atoms with Gasteiger partial charge in [-0.1, -0.05) is 13.8 Å². The summed E-state index contributed by atoms with van der Waals surface area (Å²) < 4.78 is 5.38. The highest BCUT2D eigenvalue weighted by Crippen LogP contribution is 2.28. The van der Waals surface area contributed by atoms with Gasteiger partial charge in [-0.25, -0.2) is 0 Å². The number of rotatable bonds is 1. The Morgan fingerprint density at radius 2 is 2.50 bits per heavy atom. The molecule has 48 valence electrons. The van der Waals surface area contributed by atoms with E-state index in [4.69, 9.17) is 4.74 Å². The number of thioether (sulfide) groups is 1. The van der Waals surface area contributed by atoms with E-state index in [-0.39, 0.29) is 0 Å². The maximum Gasteiger partial charge on any atom is 0.103 e. The maximum atomic E-state index is 5.38. The van der Waals surface area contributed by atoms with Gasteiger partial charge in [-0.05, 0) is 6.42 Å². The van der Waals surface area contributed by atoms with Crippen LogP contribution in [0, 0.1) is 0 Å². The summed E-state index contributed by atoms with van der Waals surface area (Å²) in [5.74, 6) is 0. The second kappa shape index (κ2) is 2.74. The highest BCUT2D eigenvalue weighted by atomic mass is 32.2. The van der Waals surface area contributed by atoms with Crippen molar-refractivity contribution in [2.75, 3.05) is 6.61 Å². The van der Waals surface area contributed by atoms with Crippen LogP contribution in [0.1, 0.15) is 20.3 Å². The zero-order chi connectivity index (χ0) is 5.98. The van der Waals surface area contributed by atoms with Gasteiger partial charge in [-0.2, -0.15) is 0 Å². The fourth-order valence-corrected chi connectivity index (χ4v) is 1.82. The molecule has 1 fully saturated rings. The summed E-state index contributed by atoms with van der Waals surface area (Å²) >= 11 is 1.94. The minimum absolute atomic E-state index is 0.491. The first kappa shape index (κ1) is 6.43. The van der Waals surface area contributed by atoms with Gasteiger partial charge in [0, 0.05) is 5.25 Å². The molecule has 1 aliphatic heterocycles. The van der Waals surface area contributed by atoms with Gasteiger partial charge in [-0.3, -0.25) is 0 Å². The Labute approximate surface area is 54.8 Å². The summed E-state index contributed by atoms with van der Waals surface area (Å²) in [4.78, 5) is 0. The van der Waals surface area contributed by atoms with Crippen molar-refractivity contribution in [3.8, 4) is 0 Å². The molecule has 0 aromatic heterocycles. The smallest absolute Gasteiger partial charge is 0.103 e. The van der Waals surface area contributed by atoms with E-state index in [1.807, 2.05) is 11.8 Å². The molecule has 8 heavy (non-hydrogen) atoms. The van der Waals surface area contributed by atoms with Crippen LogP contribution in [-0.2, 0) is 4.74 Å². The second-order valence-corrected chi connectivity index (χ2v) is 3.72. The first-order chi connectivity index (χ1) is 3.83. The van der Waals surface area contributed by atoms with Gasteiger partial charge < -0.3 is 4.74 Å². The fourth-order valence-electron chi connectivity index (χ4n) is 0.795. The molecule has 2 heteroatoms. The first-order valence-corrected chi connectivity index (χ1v) is 4.04. The van der Waals surface area contributed by atoms with Gasteiger partial charge in [0.15, 0.2) is 0 Å². The zero-order valence-corrected chi connectivity index (χ0v) is 6.20. The molecule has 0 radical (unpaired) electrons. The quantitative estimate of drug-likeness (QED) is 0.538. The topological polar surface area (TPSA) is 9.23 Å². The van der Waals surface area contributed by atoms with Gasteiger partial charge in [0.05, 0.1) is 6.61 Å². The van der Waals surface area contributed by atoms with Crippen molar-refractivity contribution in [3.63, 3.8) is 0 Å². The monoisotopic (exact) mass is 132 g/mol. The van der Waals surface area contributed by atoms with Crippen LogP contribution in [0.25, 0.3) is 0 Å². The molecule has 0 amide bonds. The summed E-state index contributed by atoms with van der Waals surface area (Å²) in [5.41, 5.74) is 0.491. The normalized spacial score (nSPS) is 38.2. The summed E-state index contributed by atoms with van der Waals surface area (Å²) in [5, 5.41) is 0.722. The van der Waals surface area contributed by atoms with Crippen molar-refractivity contribution < 1.29 is 4.74 Å². The standard InChI is InChI=1S/C6H12OS/c1-3-6-7-4-5(2)8-6/h5-6H,3-4H2,1-2H3. The van der Waals surface area contributed by atoms with E-state index in [9.17, 15) is 0 Å². The SMILES string of the molecule is CCC1OCC(C)S1. The molecule has 0 aliphatic carbocycles. The largest absolute Gasteiger partial charge is 0.366 e. The molecule has 2 unspecified atom stereocenters. The maximum absolute atomic E-state index is 5.38. The van der Waals surface area contributed by atoms with E-state index in [2.05, 4.69) is 13.8 Å². The second-order valence-electron chi connectivity index (χ2n) is 2.12. The highest BCUT2D eigenvalue weighted by Gasteiger charge is 2.19. The Hall–Kier alpha value is 0.310. The average Bonchev–Trinajstić information content (AvgIpc) is 2.14. The average molecular weight is 132 g/mol. The van der Waals surface area contributed by atoms with Gasteiger partial charge in [0.2, 0.25) is 0 Å². The van der Waals surface area contributed by atoms with Crippen LogP contribution < -0.4 is 0 Å². The minimum Gasteiger partial charge on any atom is -0.366 e. The third-order valence-corrected chi connectivity index (χ3v) is 2.61. The Balaban J connectivity index is 2.22. The molecule has 0 N–H and O–H groups in total. The molecule has 0 aromatic rings. The van der Waals surface area contributed by atoms with Crippen molar-refractivity contribution in [2.24, 2.45) is 0 Å². The molecular weight excluding hydrogens is 120 g/mol. The predicted molar refractivity (Wildman–Crippen MR) is 37.1 cm³/mol. The Morgan fingerprint density at radius 3 is 2.75 bits per heavy atom. The fraction of sp³-hybridized carbons (Fsp3) is 1.00. The zero-order valence-electron chi connectivity index (χ0n) is 5.39. The third-order valence-electron chi connectivity index (χ3n) is 1.23. The summed E-state index contributed by atoms with van der Waals surface area (Å²) in [7, 11) is 0. The van der Waals surface area contributed by atoms with Crippen molar-refractivity contribution in [1.82, 2.24) is 0 Å². The lowest BCUT2D eigenvalue weighted by molar-refractivity contribution is 0.133. The van der Waals surface area contributed by atoms with Crippen LogP contribution in [0.2, 0.25) is 0 Å². The molecule has 1 heterocycles. The molecule has 0 aromatic carbocycles. The van der Waals surface area contributed by atoms with E-state index in [0.717, 1.165) is 18.3 Å². The molecule has 1 aliphatic rings. The van der Waals surface area contributed by atoms with Gasteiger partial charge in [0.25, 0.3) is 0 Å². The van der Waals surface area contributed by atoms with Gasteiger partial charge >= 0.3 is 0 Å². The van der Waals surface area contributed by atoms with E-state index in [1.165, 1.54) is 0 Å². The van der Waals surface area contributed by atoms with Crippen LogP contribution >= 0.6 is 11.8 Å². The van der Waals surface area contributed by atoms with Crippen molar-refractivity contribution in [3.05, 3.63) is 0 Å². The van der Waals surface area contributed by atoms with Crippen LogP contribution in [-0.4, -0.2) is 17.3 Å². The Kier molecular flexibility index (Phi) is 2.20. The van der Waals surface area contributed by atoms with Crippen LogP contribution in [0.4, 0.5) is 0 Å². The predicted octanol–water partition coefficient (Wildman–Crippen LogP) is 1.87. The van der Waals surface area contributed by atoms with Crippen LogP contribution in [0.5, 0.6) is 0 Å². The molecule has 0 bridgehead atoms. The van der Waals surface area contributed by atoms with Crippen LogP contribution in [0.15, 0.2) is 0 Å². The molecule has 2 atom stereocenters. The summed E-state index contributed by atoms with van der Waals surface area (Å²) in [6.07, 6.45) is 1.15. The molecule has 1 rings (SSSR count). The van der Waals surface area contributed by atoms with E-state index in [0.29, 0.717) is 5.44 Å². The van der Waals surface area contributed by atoms with E-state index in [1.54, 1.807) is 0 Å². The number of hydrogen-bond acceptors (Lipinski definition) is 2. The lowest BCUT2D eigenvalue weighted by atomic mass is 10.5. The molecule has 1 nitrogen and oxygen atoms in total. The molecule has 1 saturated heterocycles. The summed E-state index contributed by atoms with van der Waals surface area (Å²) in [6, 6.07) is 0. The Morgan fingerprint density at radius 1 is 1.75 bits per heavy atom. The van der Waals surface area contributed by atoms with Gasteiger partial charge in [-0.15, -0.1) is 11.8 Å². The minimum atomic E-state index is 0.491. The van der Waals surface area contributed by atoms with Gasteiger partial charge in [0.1, 0.15) is 5.44 Å². The van der Waals surface area contributed by atoms with E-state index >= 15 is 0 Å². The number of hydrogen-bond donors (Lipinski definition) is 0. The van der Waals surface area contributed by atoms with Crippen molar-refractivity contribution in [2.45, 2.75) is 31.0 Å². The Bertz CT molecular complexity index is 74.9. The summed E-state index contributed by atoms with van der Waals surface area (Å²) in [6.45, 7) is 5.32. The van der Waals surface area contributed by atoms with Crippen LogP contribution in [0.3, 0.4) is 0 Å². The molecule has 0 saturated carbocycles. The van der Waals surface area contributed by atoms with Crippen molar-refractivity contribution in [1.29, 1.82) is 0 Å². The first-order valence-electron chi connectivity index (χ1n) is 3.10. The lowest BCUT2D eigenvalue weighted by Crippen LogP contribution is -1.97. The van der Waals surface area contributed by atoms with E-state index < -0.39 is 0 Å². The number of ether oxygens (including phenoxy) is 1. The third kappa shape index (κ3) is 1.39.